The number of aromatic nitrogens is 1. The number of carbonyl (C=O) groups excluding carboxylic acids is 1. The third-order valence-electron chi connectivity index (χ3n) is 2.77. The van der Waals surface area contributed by atoms with Gasteiger partial charge in [0.1, 0.15) is 5.15 Å². The number of ether oxygens (including phenoxy) is 1. The molecule has 4 nitrogen and oxygen atoms in total. The average Bonchev–Trinajstić information content (AvgIpc) is 2.38. The van der Waals surface area contributed by atoms with Crippen molar-refractivity contribution in [3.63, 3.8) is 0 Å². The quantitative estimate of drug-likeness (QED) is 0.840. The lowest BCUT2D eigenvalue weighted by atomic mass is 10.1. The molecule has 0 saturated carbocycles. The lowest BCUT2D eigenvalue weighted by Gasteiger charge is -2.22. The Hall–Kier alpha value is -1.13. The number of carbonyl (C=O) groups is 1. The van der Waals surface area contributed by atoms with Crippen LogP contribution in [-0.2, 0) is 4.74 Å². The zero-order valence-corrected chi connectivity index (χ0v) is 10.2. The second-order valence-corrected chi connectivity index (χ2v) is 4.40. The van der Waals surface area contributed by atoms with Crippen LogP contribution in [0.3, 0.4) is 0 Å². The Kier molecular flexibility index (Phi) is 4.34. The molecular formula is C12H15ClN2O2. The molecular weight excluding hydrogens is 240 g/mol. The van der Waals surface area contributed by atoms with E-state index in [4.69, 9.17) is 16.3 Å². The van der Waals surface area contributed by atoms with Gasteiger partial charge in [0.25, 0.3) is 5.91 Å². The first-order valence-electron chi connectivity index (χ1n) is 5.77. The van der Waals surface area contributed by atoms with E-state index >= 15 is 0 Å². The van der Waals surface area contributed by atoms with Gasteiger partial charge in [-0.25, -0.2) is 4.98 Å². The zero-order chi connectivity index (χ0) is 12.1. The molecule has 1 aliphatic rings. The molecule has 1 amide bonds. The van der Waals surface area contributed by atoms with E-state index in [1.807, 2.05) is 0 Å². The SMILES string of the molecule is O=C(NCC1CCCCO1)c1cccnc1Cl. The molecule has 1 aromatic heterocycles. The number of amides is 1. The fraction of sp³-hybridized carbons (Fsp3) is 0.500. The van der Waals surface area contributed by atoms with Crippen LogP contribution in [0, 0.1) is 0 Å². The molecule has 1 unspecified atom stereocenters. The maximum Gasteiger partial charge on any atom is 0.254 e. The first-order chi connectivity index (χ1) is 8.27. The smallest absolute Gasteiger partial charge is 0.254 e. The van der Waals surface area contributed by atoms with Gasteiger partial charge in [0.2, 0.25) is 0 Å². The average molecular weight is 255 g/mol. The van der Waals surface area contributed by atoms with Gasteiger partial charge in [-0.1, -0.05) is 11.6 Å². The third kappa shape index (κ3) is 3.41. The summed E-state index contributed by atoms with van der Waals surface area (Å²) in [5, 5.41) is 3.05. The Morgan fingerprint density at radius 3 is 3.18 bits per heavy atom. The molecule has 0 aromatic carbocycles. The van der Waals surface area contributed by atoms with Gasteiger partial charge in [0, 0.05) is 19.3 Å². The summed E-state index contributed by atoms with van der Waals surface area (Å²) in [5.74, 6) is -0.197. The topological polar surface area (TPSA) is 51.2 Å². The second kappa shape index (κ2) is 5.98. The van der Waals surface area contributed by atoms with Crippen molar-refractivity contribution in [2.24, 2.45) is 0 Å². The fourth-order valence-corrected chi connectivity index (χ4v) is 2.03. The summed E-state index contributed by atoms with van der Waals surface area (Å²) in [6.45, 7) is 1.32. The minimum absolute atomic E-state index is 0.128. The monoisotopic (exact) mass is 254 g/mol. The number of hydrogen-bond acceptors (Lipinski definition) is 3. The van der Waals surface area contributed by atoms with Gasteiger partial charge >= 0.3 is 0 Å². The van der Waals surface area contributed by atoms with Crippen LogP contribution >= 0.6 is 11.6 Å². The number of halogens is 1. The van der Waals surface area contributed by atoms with Gasteiger partial charge in [-0.3, -0.25) is 4.79 Å². The highest BCUT2D eigenvalue weighted by molar-refractivity contribution is 6.32. The first-order valence-corrected chi connectivity index (χ1v) is 6.15. The summed E-state index contributed by atoms with van der Waals surface area (Å²) in [7, 11) is 0. The number of pyridine rings is 1. The van der Waals surface area contributed by atoms with Crippen molar-refractivity contribution < 1.29 is 9.53 Å². The lowest BCUT2D eigenvalue weighted by molar-refractivity contribution is 0.0169. The van der Waals surface area contributed by atoms with E-state index in [-0.39, 0.29) is 17.2 Å². The number of nitrogens with zero attached hydrogens (tertiary/aromatic N) is 1. The van der Waals surface area contributed by atoms with Gasteiger partial charge < -0.3 is 10.1 Å². The molecule has 5 heteroatoms. The highest BCUT2D eigenvalue weighted by Gasteiger charge is 2.16. The van der Waals surface area contributed by atoms with E-state index in [0.29, 0.717) is 12.1 Å². The van der Waals surface area contributed by atoms with Crippen LogP contribution in [0.15, 0.2) is 18.3 Å². The summed E-state index contributed by atoms with van der Waals surface area (Å²) in [5.41, 5.74) is 0.407. The van der Waals surface area contributed by atoms with Crippen molar-refractivity contribution in [1.82, 2.24) is 10.3 Å². The van der Waals surface area contributed by atoms with Crippen LogP contribution in [0.1, 0.15) is 29.6 Å². The summed E-state index contributed by atoms with van der Waals surface area (Å²) in [4.78, 5) is 15.7. The molecule has 1 saturated heterocycles. The van der Waals surface area contributed by atoms with Crippen LogP contribution < -0.4 is 5.32 Å². The van der Waals surface area contributed by atoms with E-state index in [9.17, 15) is 4.79 Å². The van der Waals surface area contributed by atoms with Gasteiger partial charge in [0.15, 0.2) is 0 Å². The second-order valence-electron chi connectivity index (χ2n) is 4.04. The molecule has 17 heavy (non-hydrogen) atoms. The van der Waals surface area contributed by atoms with Crippen LogP contribution in [-0.4, -0.2) is 30.1 Å². The summed E-state index contributed by atoms with van der Waals surface area (Å²) >= 11 is 5.84. The van der Waals surface area contributed by atoms with Gasteiger partial charge in [0.05, 0.1) is 11.7 Å². The van der Waals surface area contributed by atoms with Crippen molar-refractivity contribution in [1.29, 1.82) is 0 Å². The molecule has 1 aliphatic heterocycles. The molecule has 2 rings (SSSR count). The van der Waals surface area contributed by atoms with Crippen molar-refractivity contribution in [3.8, 4) is 0 Å². The van der Waals surface area contributed by atoms with E-state index in [1.165, 1.54) is 0 Å². The van der Waals surface area contributed by atoms with Gasteiger partial charge in [-0.15, -0.1) is 0 Å². The standard InChI is InChI=1S/C12H15ClN2O2/c13-11-10(5-3-6-14-11)12(16)15-8-9-4-1-2-7-17-9/h3,5-6,9H,1-2,4,7-8H2,(H,15,16). The van der Waals surface area contributed by atoms with Crippen molar-refractivity contribution >= 4 is 17.5 Å². The van der Waals surface area contributed by atoms with E-state index < -0.39 is 0 Å². The minimum atomic E-state index is -0.197. The molecule has 1 aromatic rings. The molecule has 0 radical (unpaired) electrons. The van der Waals surface area contributed by atoms with Crippen molar-refractivity contribution in [2.45, 2.75) is 25.4 Å². The molecule has 0 bridgehead atoms. The molecule has 92 valence electrons. The zero-order valence-electron chi connectivity index (χ0n) is 9.49. The fourth-order valence-electron chi connectivity index (χ4n) is 1.83. The Morgan fingerprint density at radius 2 is 2.47 bits per heavy atom. The Labute approximate surface area is 105 Å². The molecule has 2 heterocycles. The number of rotatable bonds is 3. The molecule has 1 N–H and O–H groups in total. The third-order valence-corrected chi connectivity index (χ3v) is 3.07. The first kappa shape index (κ1) is 12.3. The van der Waals surface area contributed by atoms with E-state index in [0.717, 1.165) is 25.9 Å². The van der Waals surface area contributed by atoms with Crippen LogP contribution in [0.4, 0.5) is 0 Å². The molecule has 0 aliphatic carbocycles. The molecule has 0 spiro atoms. The predicted molar refractivity (Wildman–Crippen MR) is 65.2 cm³/mol. The van der Waals surface area contributed by atoms with Crippen molar-refractivity contribution in [2.75, 3.05) is 13.2 Å². The highest BCUT2D eigenvalue weighted by Crippen LogP contribution is 2.13. The van der Waals surface area contributed by atoms with Gasteiger partial charge in [-0.2, -0.15) is 0 Å². The maximum absolute atomic E-state index is 11.8. The summed E-state index contributed by atoms with van der Waals surface area (Å²) in [6, 6.07) is 3.35. The maximum atomic E-state index is 11.8. The highest BCUT2D eigenvalue weighted by atomic mass is 35.5. The van der Waals surface area contributed by atoms with Crippen LogP contribution in [0.25, 0.3) is 0 Å². The van der Waals surface area contributed by atoms with Crippen LogP contribution in [0.5, 0.6) is 0 Å². The Balaban J connectivity index is 1.87. The number of nitrogens with one attached hydrogen (secondary N) is 1. The Bertz CT molecular complexity index is 392. The number of hydrogen-bond donors (Lipinski definition) is 1. The Morgan fingerprint density at radius 1 is 1.59 bits per heavy atom. The predicted octanol–water partition coefficient (Wildman–Crippen LogP) is 2.03. The molecule has 1 atom stereocenters. The van der Waals surface area contributed by atoms with E-state index in [1.54, 1.807) is 18.3 Å². The minimum Gasteiger partial charge on any atom is -0.376 e. The van der Waals surface area contributed by atoms with Crippen LogP contribution in [0.2, 0.25) is 5.15 Å². The van der Waals surface area contributed by atoms with Crippen molar-refractivity contribution in [3.05, 3.63) is 29.0 Å². The largest absolute Gasteiger partial charge is 0.376 e. The van der Waals surface area contributed by atoms with Gasteiger partial charge in [-0.05, 0) is 31.4 Å². The van der Waals surface area contributed by atoms with E-state index in [2.05, 4.69) is 10.3 Å². The normalized spacial score (nSPS) is 19.9. The molecule has 1 fully saturated rings. The summed E-state index contributed by atoms with van der Waals surface area (Å²) < 4.78 is 5.53. The summed E-state index contributed by atoms with van der Waals surface area (Å²) in [6.07, 6.45) is 4.96. The lowest BCUT2D eigenvalue weighted by Crippen LogP contribution is -2.35.